The van der Waals surface area contributed by atoms with Gasteiger partial charge in [-0.3, -0.25) is 4.57 Å². The molecule has 5 heterocycles. The zero-order chi connectivity index (χ0) is 34.6. The highest BCUT2D eigenvalue weighted by atomic mass is 15.1. The summed E-state index contributed by atoms with van der Waals surface area (Å²) in [4.78, 5) is 5.04. The van der Waals surface area contributed by atoms with Gasteiger partial charge >= 0.3 is 0 Å². The molecule has 0 amide bonds. The topological polar surface area (TPSA) is 27.2 Å². The van der Waals surface area contributed by atoms with Crippen molar-refractivity contribution in [3.8, 4) is 22.6 Å². The molecule has 0 fully saturated rings. The average molecular weight is 675 g/mol. The molecule has 4 heteroatoms. The SMILES string of the molecule is c1ccc(-n2c3ccccc3c3cc(-c4ccnc(-n5c6ccccc6c6cc7cc8c9ccccc9c9ccccc9n8c7cc65)c4)ccc32)cc1. The molecule has 0 N–H and O–H groups in total. The highest BCUT2D eigenvalue weighted by Gasteiger charge is 2.19. The molecule has 0 saturated carbocycles. The van der Waals surface area contributed by atoms with Gasteiger partial charge in [0.1, 0.15) is 5.82 Å². The average Bonchev–Trinajstić information content (AvgIpc) is 3.88. The molecular weight excluding hydrogens is 645 g/mol. The summed E-state index contributed by atoms with van der Waals surface area (Å²) >= 11 is 0. The molecule has 5 aromatic heterocycles. The van der Waals surface area contributed by atoms with Crippen molar-refractivity contribution in [1.29, 1.82) is 0 Å². The van der Waals surface area contributed by atoms with E-state index in [0.717, 1.165) is 33.7 Å². The van der Waals surface area contributed by atoms with Gasteiger partial charge in [0.05, 0.1) is 38.6 Å². The lowest BCUT2D eigenvalue weighted by Gasteiger charge is -2.11. The van der Waals surface area contributed by atoms with Gasteiger partial charge in [0.15, 0.2) is 0 Å². The van der Waals surface area contributed by atoms with Crippen molar-refractivity contribution in [3.05, 3.63) is 182 Å². The molecule has 0 saturated heterocycles. The molecular formula is C49H30N4. The monoisotopic (exact) mass is 674 g/mol. The van der Waals surface area contributed by atoms with Gasteiger partial charge in [-0.2, -0.15) is 0 Å². The van der Waals surface area contributed by atoms with E-state index >= 15 is 0 Å². The minimum absolute atomic E-state index is 0.899. The Kier molecular flexibility index (Phi) is 5.74. The van der Waals surface area contributed by atoms with Crippen LogP contribution in [0.4, 0.5) is 0 Å². The highest BCUT2D eigenvalue weighted by molar-refractivity contribution is 6.19. The Morgan fingerprint density at radius 3 is 1.64 bits per heavy atom. The van der Waals surface area contributed by atoms with E-state index in [1.54, 1.807) is 0 Å². The summed E-state index contributed by atoms with van der Waals surface area (Å²) in [6.07, 6.45) is 1.95. The van der Waals surface area contributed by atoms with Crippen LogP contribution in [0.3, 0.4) is 0 Å². The number of aromatic nitrogens is 4. The third kappa shape index (κ3) is 3.98. The van der Waals surface area contributed by atoms with Gasteiger partial charge in [0.2, 0.25) is 0 Å². The van der Waals surface area contributed by atoms with Crippen molar-refractivity contribution in [2.24, 2.45) is 0 Å². The van der Waals surface area contributed by atoms with Gasteiger partial charge in [-0.25, -0.2) is 4.98 Å². The largest absolute Gasteiger partial charge is 0.309 e. The van der Waals surface area contributed by atoms with Gasteiger partial charge in [0, 0.05) is 49.6 Å². The van der Waals surface area contributed by atoms with Crippen molar-refractivity contribution >= 4 is 81.7 Å². The van der Waals surface area contributed by atoms with Crippen LogP contribution < -0.4 is 0 Å². The van der Waals surface area contributed by atoms with Crippen molar-refractivity contribution in [3.63, 3.8) is 0 Å². The molecule has 4 nitrogen and oxygen atoms in total. The number of benzene rings is 7. The summed E-state index contributed by atoms with van der Waals surface area (Å²) in [6, 6.07) is 63.9. The molecule has 0 atom stereocenters. The Bertz CT molecular complexity index is 3450. The molecule has 53 heavy (non-hydrogen) atoms. The molecule has 0 aliphatic rings. The van der Waals surface area contributed by atoms with Crippen molar-refractivity contribution < 1.29 is 0 Å². The number of fused-ring (bicyclic) bond motifs is 14. The fourth-order valence-corrected chi connectivity index (χ4v) is 8.94. The lowest BCUT2D eigenvalue weighted by molar-refractivity contribution is 1.08. The zero-order valence-corrected chi connectivity index (χ0v) is 28.6. The molecule has 0 bridgehead atoms. The summed E-state index contributed by atoms with van der Waals surface area (Å²) in [5, 5.41) is 9.95. The van der Waals surface area contributed by atoms with E-state index in [0.29, 0.717) is 0 Å². The number of nitrogens with zero attached hydrogens (tertiary/aromatic N) is 4. The maximum absolute atomic E-state index is 5.04. The molecule has 12 rings (SSSR count). The maximum atomic E-state index is 5.04. The number of pyridine rings is 2. The number of rotatable bonds is 3. The van der Waals surface area contributed by atoms with E-state index in [4.69, 9.17) is 4.98 Å². The molecule has 246 valence electrons. The third-order valence-electron chi connectivity index (χ3n) is 11.2. The fourth-order valence-electron chi connectivity index (χ4n) is 8.94. The first-order valence-corrected chi connectivity index (χ1v) is 18.1. The number of para-hydroxylation sites is 4. The van der Waals surface area contributed by atoms with Crippen LogP contribution in [-0.4, -0.2) is 18.5 Å². The third-order valence-corrected chi connectivity index (χ3v) is 11.2. The zero-order valence-electron chi connectivity index (χ0n) is 28.6. The van der Waals surface area contributed by atoms with Gasteiger partial charge < -0.3 is 8.97 Å². The van der Waals surface area contributed by atoms with Gasteiger partial charge in [0.25, 0.3) is 0 Å². The van der Waals surface area contributed by atoms with Gasteiger partial charge in [-0.15, -0.1) is 0 Å². The standard InChI is InChI=1S/C49H30N4/c1-2-12-34(13-3-1)51-42-19-9-7-17-38(42)40-26-31(22-23-45(40)51)32-24-25-50-49(29-32)53-44-21-11-8-18-39(44)41-27-33-28-47-37-16-5-4-14-35(37)36-15-6-10-20-43(36)52(47)46(33)30-48(41)53/h1-30H. The molecule has 7 aromatic carbocycles. The van der Waals surface area contributed by atoms with Crippen LogP contribution >= 0.6 is 0 Å². The Hall–Kier alpha value is -7.17. The van der Waals surface area contributed by atoms with Crippen LogP contribution in [0.5, 0.6) is 0 Å². The second-order valence-corrected chi connectivity index (χ2v) is 14.0. The Morgan fingerprint density at radius 2 is 0.887 bits per heavy atom. The second kappa shape index (κ2) is 10.7. The first kappa shape index (κ1) is 28.5. The van der Waals surface area contributed by atoms with Gasteiger partial charge in [-0.1, -0.05) is 103 Å². The van der Waals surface area contributed by atoms with Crippen LogP contribution in [0, 0.1) is 0 Å². The van der Waals surface area contributed by atoms with Crippen molar-refractivity contribution in [2.45, 2.75) is 0 Å². The van der Waals surface area contributed by atoms with E-state index in [1.165, 1.54) is 70.7 Å². The van der Waals surface area contributed by atoms with E-state index < -0.39 is 0 Å². The summed E-state index contributed by atoms with van der Waals surface area (Å²) in [7, 11) is 0. The van der Waals surface area contributed by atoms with Crippen molar-refractivity contribution in [1.82, 2.24) is 18.5 Å². The second-order valence-electron chi connectivity index (χ2n) is 14.0. The lowest BCUT2D eigenvalue weighted by atomic mass is 10.0. The van der Waals surface area contributed by atoms with E-state index in [1.807, 2.05) is 6.20 Å². The predicted octanol–water partition coefficient (Wildman–Crippen LogP) is 12.7. The normalized spacial score (nSPS) is 12.2. The van der Waals surface area contributed by atoms with E-state index in [-0.39, 0.29) is 0 Å². The maximum Gasteiger partial charge on any atom is 0.138 e. The smallest absolute Gasteiger partial charge is 0.138 e. The summed E-state index contributed by atoms with van der Waals surface area (Å²) < 4.78 is 7.15. The van der Waals surface area contributed by atoms with Crippen LogP contribution in [0.2, 0.25) is 0 Å². The quantitative estimate of drug-likeness (QED) is 0.171. The molecule has 0 spiro atoms. The minimum atomic E-state index is 0.899. The fraction of sp³-hybridized carbons (Fsp3) is 0. The van der Waals surface area contributed by atoms with Gasteiger partial charge in [-0.05, 0) is 89.3 Å². The molecule has 0 unspecified atom stereocenters. The molecule has 0 aliphatic carbocycles. The summed E-state index contributed by atoms with van der Waals surface area (Å²) in [5.41, 5.74) is 11.8. The van der Waals surface area contributed by atoms with Crippen molar-refractivity contribution in [2.75, 3.05) is 0 Å². The minimum Gasteiger partial charge on any atom is -0.309 e. The number of hydrogen-bond donors (Lipinski definition) is 0. The first-order valence-electron chi connectivity index (χ1n) is 18.1. The molecule has 0 aliphatic heterocycles. The Morgan fingerprint density at radius 1 is 0.321 bits per heavy atom. The molecule has 12 aromatic rings. The predicted molar refractivity (Wildman–Crippen MR) is 222 cm³/mol. The van der Waals surface area contributed by atoms with Crippen LogP contribution in [0.1, 0.15) is 0 Å². The van der Waals surface area contributed by atoms with Crippen LogP contribution in [0.25, 0.3) is 104 Å². The first-order chi connectivity index (χ1) is 26.3. The van der Waals surface area contributed by atoms with Crippen LogP contribution in [0.15, 0.2) is 182 Å². The summed E-state index contributed by atoms with van der Waals surface area (Å²) in [6.45, 7) is 0. The van der Waals surface area contributed by atoms with E-state index in [2.05, 4.69) is 189 Å². The van der Waals surface area contributed by atoms with E-state index in [9.17, 15) is 0 Å². The molecule has 0 radical (unpaired) electrons. The lowest BCUT2D eigenvalue weighted by Crippen LogP contribution is -1.98. The van der Waals surface area contributed by atoms with Crippen LogP contribution in [-0.2, 0) is 0 Å². The Balaban J connectivity index is 1.10. The Labute approximate surface area is 304 Å². The highest BCUT2D eigenvalue weighted by Crippen LogP contribution is 2.40. The summed E-state index contributed by atoms with van der Waals surface area (Å²) in [5.74, 6) is 0.899. The number of hydrogen-bond acceptors (Lipinski definition) is 1.